The Balaban J connectivity index is 1.37. The fourth-order valence-corrected chi connectivity index (χ4v) is 4.01. The van der Waals surface area contributed by atoms with Gasteiger partial charge in [-0.25, -0.2) is 4.39 Å². The first-order chi connectivity index (χ1) is 13.2. The third kappa shape index (κ3) is 3.88. The molecule has 0 bridgehead atoms. The zero-order chi connectivity index (χ0) is 18.7. The number of aromatic nitrogens is 2. The third-order valence-corrected chi connectivity index (χ3v) is 5.75. The topological polar surface area (TPSA) is 80.1 Å². The molecule has 1 aromatic carbocycles. The highest BCUT2D eigenvalue weighted by Crippen LogP contribution is 2.31. The van der Waals surface area contributed by atoms with Crippen LogP contribution in [0.15, 0.2) is 28.8 Å². The van der Waals surface area contributed by atoms with Crippen molar-refractivity contribution < 1.29 is 13.7 Å². The molecule has 1 saturated heterocycles. The van der Waals surface area contributed by atoms with E-state index in [0.717, 1.165) is 18.7 Å². The van der Waals surface area contributed by atoms with Crippen LogP contribution in [-0.4, -0.2) is 29.1 Å². The molecule has 0 radical (unpaired) electrons. The quantitative estimate of drug-likeness (QED) is 0.815. The maximum atomic E-state index is 14.0. The van der Waals surface area contributed by atoms with E-state index in [9.17, 15) is 9.18 Å². The summed E-state index contributed by atoms with van der Waals surface area (Å²) in [5.74, 6) is 1.17. The second-order valence-electron chi connectivity index (χ2n) is 7.72. The molecule has 0 unspecified atom stereocenters. The molecule has 144 valence electrons. The van der Waals surface area contributed by atoms with Gasteiger partial charge in [0.15, 0.2) is 5.82 Å². The number of hydrogen-bond donors (Lipinski definition) is 2. The van der Waals surface area contributed by atoms with E-state index < -0.39 is 5.41 Å². The van der Waals surface area contributed by atoms with Crippen molar-refractivity contribution in [2.24, 2.45) is 5.41 Å². The summed E-state index contributed by atoms with van der Waals surface area (Å²) in [7, 11) is 0. The van der Waals surface area contributed by atoms with Crippen LogP contribution in [0.3, 0.4) is 0 Å². The van der Waals surface area contributed by atoms with Crippen LogP contribution in [0, 0.1) is 11.2 Å². The lowest BCUT2D eigenvalue weighted by Crippen LogP contribution is -2.62. The van der Waals surface area contributed by atoms with Crippen molar-refractivity contribution in [2.75, 3.05) is 13.1 Å². The second-order valence-corrected chi connectivity index (χ2v) is 7.72. The summed E-state index contributed by atoms with van der Waals surface area (Å²) >= 11 is 0. The largest absolute Gasteiger partial charge is 0.346 e. The Morgan fingerprint density at radius 2 is 2.04 bits per heavy atom. The molecule has 1 aliphatic heterocycles. The highest BCUT2D eigenvalue weighted by atomic mass is 19.1. The maximum absolute atomic E-state index is 14.0. The molecular formula is C20H25FN4O2. The van der Waals surface area contributed by atoms with Crippen molar-refractivity contribution in [3.8, 4) is 0 Å². The summed E-state index contributed by atoms with van der Waals surface area (Å²) in [4.78, 5) is 17.2. The van der Waals surface area contributed by atoms with Crippen LogP contribution < -0.4 is 10.6 Å². The molecule has 27 heavy (non-hydrogen) atoms. The molecule has 2 N–H and O–H groups in total. The van der Waals surface area contributed by atoms with Gasteiger partial charge in [-0.3, -0.25) is 4.79 Å². The molecule has 6 nitrogen and oxygen atoms in total. The summed E-state index contributed by atoms with van der Waals surface area (Å²) in [5, 5.41) is 10.1. The predicted octanol–water partition coefficient (Wildman–Crippen LogP) is 2.70. The van der Waals surface area contributed by atoms with Gasteiger partial charge in [0, 0.05) is 19.0 Å². The summed E-state index contributed by atoms with van der Waals surface area (Å²) in [5.41, 5.74) is -0.0689. The third-order valence-electron chi connectivity index (χ3n) is 5.75. The van der Waals surface area contributed by atoms with Gasteiger partial charge >= 0.3 is 0 Å². The zero-order valence-corrected chi connectivity index (χ0v) is 15.3. The first kappa shape index (κ1) is 18.1. The molecule has 4 rings (SSSR count). The van der Waals surface area contributed by atoms with Crippen molar-refractivity contribution in [1.29, 1.82) is 0 Å². The molecule has 0 atom stereocenters. The van der Waals surface area contributed by atoms with E-state index in [1.165, 1.54) is 25.3 Å². The normalized spacial score (nSPS) is 19.4. The van der Waals surface area contributed by atoms with Crippen LogP contribution in [0.1, 0.15) is 55.3 Å². The molecule has 1 saturated carbocycles. The van der Waals surface area contributed by atoms with E-state index >= 15 is 0 Å². The molecule has 2 aromatic rings. The van der Waals surface area contributed by atoms with Gasteiger partial charge in [0.1, 0.15) is 5.82 Å². The number of halogens is 1. The SMILES string of the molecule is O=C(NCc1nc(C2CCCCC2)no1)C1(Cc2ccccc2F)CNC1. The fraction of sp³-hybridized carbons (Fsp3) is 0.550. The molecule has 2 fully saturated rings. The van der Waals surface area contributed by atoms with Gasteiger partial charge in [0.2, 0.25) is 11.8 Å². The Hall–Kier alpha value is -2.28. The van der Waals surface area contributed by atoms with Crippen LogP contribution in [0.4, 0.5) is 4.39 Å². The number of rotatable bonds is 6. The Kier molecular flexibility index (Phi) is 5.20. The summed E-state index contributed by atoms with van der Waals surface area (Å²) in [6.45, 7) is 1.27. The van der Waals surface area contributed by atoms with E-state index in [-0.39, 0.29) is 18.3 Å². The van der Waals surface area contributed by atoms with Crippen LogP contribution in [0.2, 0.25) is 0 Å². The maximum Gasteiger partial charge on any atom is 0.246 e. The molecule has 2 heterocycles. The van der Waals surface area contributed by atoms with E-state index in [0.29, 0.717) is 36.9 Å². The number of benzene rings is 1. The lowest BCUT2D eigenvalue weighted by molar-refractivity contribution is -0.134. The first-order valence-corrected chi connectivity index (χ1v) is 9.71. The monoisotopic (exact) mass is 372 g/mol. The van der Waals surface area contributed by atoms with Gasteiger partial charge in [-0.1, -0.05) is 42.6 Å². The number of carbonyl (C=O) groups excluding carboxylic acids is 1. The minimum Gasteiger partial charge on any atom is -0.346 e. The fourth-order valence-electron chi connectivity index (χ4n) is 4.01. The van der Waals surface area contributed by atoms with Crippen molar-refractivity contribution in [1.82, 2.24) is 20.8 Å². The highest BCUT2D eigenvalue weighted by Gasteiger charge is 2.44. The average Bonchev–Trinajstić information content (AvgIpc) is 3.14. The van der Waals surface area contributed by atoms with Gasteiger partial charge in [-0.05, 0) is 30.9 Å². The predicted molar refractivity (Wildman–Crippen MR) is 97.4 cm³/mol. The van der Waals surface area contributed by atoms with Crippen LogP contribution in [-0.2, 0) is 17.8 Å². The van der Waals surface area contributed by atoms with Crippen molar-refractivity contribution in [2.45, 2.75) is 51.0 Å². The Labute approximate surface area is 157 Å². The first-order valence-electron chi connectivity index (χ1n) is 9.71. The van der Waals surface area contributed by atoms with E-state index in [4.69, 9.17) is 4.52 Å². The van der Waals surface area contributed by atoms with Crippen molar-refractivity contribution >= 4 is 5.91 Å². The average molecular weight is 372 g/mol. The Bertz CT molecular complexity index is 797. The van der Waals surface area contributed by atoms with Crippen molar-refractivity contribution in [3.63, 3.8) is 0 Å². The van der Waals surface area contributed by atoms with Gasteiger partial charge < -0.3 is 15.2 Å². The Morgan fingerprint density at radius 1 is 1.26 bits per heavy atom. The molecule has 2 aliphatic rings. The smallest absolute Gasteiger partial charge is 0.246 e. The lowest BCUT2D eigenvalue weighted by atomic mass is 9.75. The standard InChI is InChI=1S/C20H25FN4O2/c21-16-9-5-4-8-15(16)10-20(12-22-13-20)19(26)23-11-17-24-18(25-27-17)14-6-2-1-3-7-14/h4-5,8-9,14,22H,1-3,6-7,10-13H2,(H,23,26). The highest BCUT2D eigenvalue weighted by molar-refractivity contribution is 5.84. The minimum absolute atomic E-state index is 0.109. The number of hydrogen-bond acceptors (Lipinski definition) is 5. The molecule has 7 heteroatoms. The van der Waals surface area contributed by atoms with Gasteiger partial charge in [0.25, 0.3) is 0 Å². The zero-order valence-electron chi connectivity index (χ0n) is 15.3. The molecule has 1 aromatic heterocycles. The summed E-state index contributed by atoms with van der Waals surface area (Å²) < 4.78 is 19.3. The van der Waals surface area contributed by atoms with Gasteiger partial charge in [-0.2, -0.15) is 4.98 Å². The van der Waals surface area contributed by atoms with Gasteiger partial charge in [-0.15, -0.1) is 0 Å². The van der Waals surface area contributed by atoms with Crippen LogP contribution in [0.5, 0.6) is 0 Å². The van der Waals surface area contributed by atoms with Crippen LogP contribution in [0.25, 0.3) is 0 Å². The van der Waals surface area contributed by atoms with Crippen molar-refractivity contribution in [3.05, 3.63) is 47.4 Å². The minimum atomic E-state index is -0.631. The molecule has 1 aliphatic carbocycles. The van der Waals surface area contributed by atoms with Gasteiger partial charge in [0.05, 0.1) is 12.0 Å². The molecular weight excluding hydrogens is 347 g/mol. The lowest BCUT2D eigenvalue weighted by Gasteiger charge is -2.41. The van der Waals surface area contributed by atoms with E-state index in [1.54, 1.807) is 18.2 Å². The number of nitrogens with zero attached hydrogens (tertiary/aromatic N) is 2. The summed E-state index contributed by atoms with van der Waals surface area (Å²) in [6, 6.07) is 6.61. The second kappa shape index (κ2) is 7.76. The number of carbonyl (C=O) groups is 1. The molecule has 0 spiro atoms. The van der Waals surface area contributed by atoms with E-state index in [2.05, 4.69) is 20.8 Å². The van der Waals surface area contributed by atoms with E-state index in [1.807, 2.05) is 0 Å². The number of amides is 1. The number of nitrogens with one attached hydrogen (secondary N) is 2. The Morgan fingerprint density at radius 3 is 2.74 bits per heavy atom. The summed E-state index contributed by atoms with van der Waals surface area (Å²) in [6.07, 6.45) is 6.25. The van der Waals surface area contributed by atoms with Crippen LogP contribution >= 0.6 is 0 Å². The molecule has 1 amide bonds.